The van der Waals surface area contributed by atoms with Gasteiger partial charge in [0, 0.05) is 23.7 Å². The molecule has 2 aromatic rings. The third kappa shape index (κ3) is 3.09. The molecule has 0 saturated heterocycles. The van der Waals surface area contributed by atoms with Gasteiger partial charge in [-0.1, -0.05) is 13.3 Å². The molecule has 1 aliphatic rings. The molecule has 0 aromatic carbocycles. The highest BCUT2D eigenvalue weighted by atomic mass is 16.3. The molecule has 0 bridgehead atoms. The molecule has 116 valence electrons. The molecule has 7 heteroatoms. The SMILES string of the molecule is [B]c1nn(C2CCC(O)CC2)c2nc(NCCCC)ncc12. The van der Waals surface area contributed by atoms with Gasteiger partial charge in [0.25, 0.3) is 0 Å². The number of rotatable bonds is 5. The maximum absolute atomic E-state index is 9.67. The first-order valence-electron chi connectivity index (χ1n) is 8.11. The van der Waals surface area contributed by atoms with Crippen LogP contribution in [0.15, 0.2) is 6.20 Å². The van der Waals surface area contributed by atoms with Gasteiger partial charge in [-0.05, 0) is 32.1 Å². The van der Waals surface area contributed by atoms with Crippen LogP contribution >= 0.6 is 0 Å². The molecule has 1 saturated carbocycles. The van der Waals surface area contributed by atoms with Crippen molar-refractivity contribution < 1.29 is 5.11 Å². The van der Waals surface area contributed by atoms with Gasteiger partial charge in [0.1, 0.15) is 7.85 Å². The Morgan fingerprint density at radius 1 is 1.36 bits per heavy atom. The van der Waals surface area contributed by atoms with Gasteiger partial charge in [0.2, 0.25) is 5.95 Å². The Morgan fingerprint density at radius 3 is 2.86 bits per heavy atom. The Morgan fingerprint density at radius 2 is 2.14 bits per heavy atom. The van der Waals surface area contributed by atoms with Crippen molar-refractivity contribution in [3.8, 4) is 0 Å². The minimum atomic E-state index is -0.184. The molecule has 0 unspecified atom stereocenters. The van der Waals surface area contributed by atoms with E-state index in [4.69, 9.17) is 7.85 Å². The van der Waals surface area contributed by atoms with Crippen molar-refractivity contribution in [2.24, 2.45) is 0 Å². The van der Waals surface area contributed by atoms with E-state index in [1.54, 1.807) is 6.20 Å². The smallest absolute Gasteiger partial charge is 0.224 e. The summed E-state index contributed by atoms with van der Waals surface area (Å²) in [6.07, 6.45) is 7.19. The van der Waals surface area contributed by atoms with Gasteiger partial charge in [-0.2, -0.15) is 10.1 Å². The summed E-state index contributed by atoms with van der Waals surface area (Å²) in [5.74, 6) is 0.623. The quantitative estimate of drug-likeness (QED) is 0.643. The van der Waals surface area contributed by atoms with Gasteiger partial charge in [0.15, 0.2) is 5.65 Å². The van der Waals surface area contributed by atoms with Crippen molar-refractivity contribution in [3.63, 3.8) is 0 Å². The van der Waals surface area contributed by atoms with Crippen molar-refractivity contribution in [3.05, 3.63) is 6.20 Å². The summed E-state index contributed by atoms with van der Waals surface area (Å²) in [7, 11) is 6.00. The molecule has 2 N–H and O–H groups in total. The van der Waals surface area contributed by atoms with Gasteiger partial charge in [-0.3, -0.25) is 0 Å². The molecule has 0 atom stereocenters. The number of nitrogens with zero attached hydrogens (tertiary/aromatic N) is 4. The number of hydrogen-bond donors (Lipinski definition) is 2. The van der Waals surface area contributed by atoms with E-state index in [2.05, 4.69) is 27.3 Å². The fourth-order valence-electron chi connectivity index (χ4n) is 2.96. The maximum atomic E-state index is 9.67. The third-order valence-corrected chi connectivity index (χ3v) is 4.30. The molecule has 2 radical (unpaired) electrons. The van der Waals surface area contributed by atoms with Crippen LogP contribution in [0.4, 0.5) is 5.95 Å². The molecular formula is C15H22BN5O. The van der Waals surface area contributed by atoms with Crippen LogP contribution in [0.3, 0.4) is 0 Å². The average molecular weight is 299 g/mol. The molecule has 1 aliphatic carbocycles. The molecule has 2 aromatic heterocycles. The van der Waals surface area contributed by atoms with E-state index in [-0.39, 0.29) is 12.1 Å². The monoisotopic (exact) mass is 299 g/mol. The van der Waals surface area contributed by atoms with Gasteiger partial charge < -0.3 is 10.4 Å². The van der Waals surface area contributed by atoms with Crippen LogP contribution in [0.25, 0.3) is 11.0 Å². The Hall–Kier alpha value is -1.63. The molecule has 2 heterocycles. The maximum Gasteiger partial charge on any atom is 0.224 e. The van der Waals surface area contributed by atoms with Crippen molar-refractivity contribution in [2.45, 2.75) is 57.6 Å². The third-order valence-electron chi connectivity index (χ3n) is 4.30. The largest absolute Gasteiger partial charge is 0.393 e. The zero-order valence-electron chi connectivity index (χ0n) is 13.0. The summed E-state index contributed by atoms with van der Waals surface area (Å²) < 4.78 is 1.92. The number of hydrogen-bond acceptors (Lipinski definition) is 5. The molecule has 0 aliphatic heterocycles. The molecule has 0 spiro atoms. The predicted octanol–water partition coefficient (Wildman–Crippen LogP) is 1.31. The summed E-state index contributed by atoms with van der Waals surface area (Å²) in [6, 6.07) is 0.251. The zero-order chi connectivity index (χ0) is 15.5. The Balaban J connectivity index is 1.87. The second-order valence-corrected chi connectivity index (χ2v) is 6.00. The zero-order valence-corrected chi connectivity index (χ0v) is 13.0. The van der Waals surface area contributed by atoms with Crippen molar-refractivity contribution in [2.75, 3.05) is 11.9 Å². The van der Waals surface area contributed by atoms with Gasteiger partial charge in [-0.15, -0.1) is 0 Å². The van der Waals surface area contributed by atoms with E-state index in [0.29, 0.717) is 11.5 Å². The summed E-state index contributed by atoms with van der Waals surface area (Å²) in [5.41, 5.74) is 1.26. The Labute approximate surface area is 131 Å². The lowest BCUT2D eigenvalue weighted by molar-refractivity contribution is 0.109. The Kier molecular flexibility index (Phi) is 4.61. The lowest BCUT2D eigenvalue weighted by Crippen LogP contribution is -2.23. The highest BCUT2D eigenvalue weighted by Gasteiger charge is 2.24. The van der Waals surface area contributed by atoms with Crippen molar-refractivity contribution in [1.82, 2.24) is 19.7 Å². The van der Waals surface area contributed by atoms with E-state index >= 15 is 0 Å². The summed E-state index contributed by atoms with van der Waals surface area (Å²) >= 11 is 0. The number of fused-ring (bicyclic) bond motifs is 1. The standard InChI is InChI=1S/C15H22BN5O/c1-2-3-8-17-15-18-9-12-13(16)20-21(14(12)19-15)10-4-6-11(22)7-5-10/h9-11,22H,2-8H2,1H3,(H,17,18,19). The van der Waals surface area contributed by atoms with E-state index in [9.17, 15) is 5.11 Å². The number of unbranched alkanes of at least 4 members (excludes halogenated alkanes) is 1. The van der Waals surface area contributed by atoms with Crippen LogP contribution in [0, 0.1) is 0 Å². The van der Waals surface area contributed by atoms with Crippen molar-refractivity contribution >= 4 is 30.4 Å². The lowest BCUT2D eigenvalue weighted by Gasteiger charge is -2.25. The first kappa shape index (κ1) is 15.3. The first-order valence-corrected chi connectivity index (χ1v) is 8.11. The fourth-order valence-corrected chi connectivity index (χ4v) is 2.96. The number of anilines is 1. The summed E-state index contributed by atoms with van der Waals surface area (Å²) in [4.78, 5) is 8.91. The number of nitrogens with one attached hydrogen (secondary N) is 1. The van der Waals surface area contributed by atoms with Crippen LogP contribution < -0.4 is 10.9 Å². The van der Waals surface area contributed by atoms with Crippen LogP contribution in [0.5, 0.6) is 0 Å². The molecule has 0 amide bonds. The number of aliphatic hydroxyl groups excluding tert-OH is 1. The van der Waals surface area contributed by atoms with Gasteiger partial charge in [-0.25, -0.2) is 9.67 Å². The summed E-state index contributed by atoms with van der Waals surface area (Å²) in [6.45, 7) is 3.01. The minimum absolute atomic E-state index is 0.184. The molecular weight excluding hydrogens is 277 g/mol. The average Bonchev–Trinajstić information content (AvgIpc) is 2.85. The lowest BCUT2D eigenvalue weighted by atomic mass is 9.93. The van der Waals surface area contributed by atoms with E-state index < -0.39 is 0 Å². The highest BCUT2D eigenvalue weighted by Crippen LogP contribution is 2.29. The van der Waals surface area contributed by atoms with Crippen LogP contribution in [0.1, 0.15) is 51.5 Å². The van der Waals surface area contributed by atoms with Crippen LogP contribution in [0.2, 0.25) is 0 Å². The van der Waals surface area contributed by atoms with Crippen LogP contribution in [-0.2, 0) is 0 Å². The molecule has 3 rings (SSSR count). The minimum Gasteiger partial charge on any atom is -0.393 e. The van der Waals surface area contributed by atoms with E-state index in [0.717, 1.165) is 56.1 Å². The van der Waals surface area contributed by atoms with E-state index in [1.165, 1.54) is 0 Å². The fraction of sp³-hybridized carbons (Fsp3) is 0.667. The first-order chi connectivity index (χ1) is 10.7. The normalized spacial score (nSPS) is 22.1. The predicted molar refractivity (Wildman–Crippen MR) is 87.6 cm³/mol. The van der Waals surface area contributed by atoms with Gasteiger partial charge in [0.05, 0.1) is 12.1 Å². The van der Waals surface area contributed by atoms with E-state index in [1.807, 2.05) is 4.68 Å². The summed E-state index contributed by atoms with van der Waals surface area (Å²) in [5, 5.41) is 18.2. The highest BCUT2D eigenvalue weighted by molar-refractivity contribution is 6.36. The molecule has 22 heavy (non-hydrogen) atoms. The number of aromatic nitrogens is 4. The van der Waals surface area contributed by atoms with Crippen LogP contribution in [-0.4, -0.2) is 45.3 Å². The topological polar surface area (TPSA) is 75.9 Å². The Bertz CT molecular complexity index is 636. The number of aliphatic hydroxyl groups is 1. The van der Waals surface area contributed by atoms with Gasteiger partial charge >= 0.3 is 0 Å². The van der Waals surface area contributed by atoms with Crippen molar-refractivity contribution in [1.29, 1.82) is 0 Å². The second-order valence-electron chi connectivity index (χ2n) is 6.00. The second kappa shape index (κ2) is 6.65. The molecule has 6 nitrogen and oxygen atoms in total. The molecule has 1 fully saturated rings.